The van der Waals surface area contributed by atoms with Crippen molar-refractivity contribution >= 4 is 28.5 Å². The van der Waals surface area contributed by atoms with Gasteiger partial charge in [-0.2, -0.15) is 0 Å². The summed E-state index contributed by atoms with van der Waals surface area (Å²) in [5.74, 6) is -0.494. The highest BCUT2D eigenvalue weighted by Crippen LogP contribution is 2.24. The molecule has 6 nitrogen and oxygen atoms in total. The second-order valence-electron chi connectivity index (χ2n) is 6.79. The number of nitrogens with one attached hydrogen (secondary N) is 2. The molecule has 0 amide bonds. The molecular formula is C21H23ClN2O4. The number of aromatic nitrogens is 1. The zero-order valence-corrected chi connectivity index (χ0v) is 16.2. The number of aliphatic hydroxyl groups excluding tert-OH is 1. The van der Waals surface area contributed by atoms with E-state index in [1.54, 1.807) is 24.3 Å². The molecule has 1 heterocycles. The van der Waals surface area contributed by atoms with Gasteiger partial charge in [0.15, 0.2) is 6.61 Å². The van der Waals surface area contributed by atoms with E-state index < -0.39 is 12.1 Å². The van der Waals surface area contributed by atoms with E-state index in [4.69, 9.17) is 21.4 Å². The zero-order chi connectivity index (χ0) is 20.1. The second kappa shape index (κ2) is 9.10. The van der Waals surface area contributed by atoms with Crippen LogP contribution >= 0.6 is 11.6 Å². The number of hydrogen-bond acceptors (Lipinski definition) is 4. The first-order valence-corrected chi connectivity index (χ1v) is 9.41. The highest BCUT2D eigenvalue weighted by molar-refractivity contribution is 6.30. The summed E-state index contributed by atoms with van der Waals surface area (Å²) >= 11 is 5.98. The van der Waals surface area contributed by atoms with E-state index in [1.165, 1.54) is 0 Å². The lowest BCUT2D eigenvalue weighted by atomic mass is 10.0. The molecule has 2 atom stereocenters. The number of aromatic amines is 1. The highest BCUT2D eigenvalue weighted by atomic mass is 35.5. The van der Waals surface area contributed by atoms with Crippen LogP contribution in [0.1, 0.15) is 24.2 Å². The van der Waals surface area contributed by atoms with Gasteiger partial charge in [0.25, 0.3) is 0 Å². The molecule has 0 saturated carbocycles. The Morgan fingerprint density at radius 1 is 1.29 bits per heavy atom. The van der Waals surface area contributed by atoms with Gasteiger partial charge >= 0.3 is 5.97 Å². The fourth-order valence-corrected chi connectivity index (χ4v) is 3.31. The maximum Gasteiger partial charge on any atom is 0.341 e. The first kappa shape index (κ1) is 20.2. The quantitative estimate of drug-likeness (QED) is 0.439. The van der Waals surface area contributed by atoms with Crippen LogP contribution in [0.4, 0.5) is 0 Å². The molecule has 3 aromatic rings. The molecule has 0 spiro atoms. The molecule has 2 aromatic carbocycles. The molecule has 1 aromatic heterocycles. The number of aliphatic carboxylic acids is 1. The van der Waals surface area contributed by atoms with Gasteiger partial charge < -0.3 is 25.3 Å². The summed E-state index contributed by atoms with van der Waals surface area (Å²) < 4.78 is 5.21. The van der Waals surface area contributed by atoms with Crippen LogP contribution in [0.2, 0.25) is 5.02 Å². The Hall–Kier alpha value is -2.54. The third kappa shape index (κ3) is 5.25. The van der Waals surface area contributed by atoms with E-state index in [9.17, 15) is 9.90 Å². The third-order valence-corrected chi connectivity index (χ3v) is 4.76. The zero-order valence-electron chi connectivity index (χ0n) is 15.5. The van der Waals surface area contributed by atoms with Crippen LogP contribution in [0.25, 0.3) is 10.9 Å². The minimum Gasteiger partial charge on any atom is -0.482 e. The first-order valence-electron chi connectivity index (χ1n) is 9.04. The lowest BCUT2D eigenvalue weighted by molar-refractivity contribution is -0.139. The van der Waals surface area contributed by atoms with Crippen LogP contribution < -0.4 is 10.1 Å². The molecule has 0 fully saturated rings. The van der Waals surface area contributed by atoms with Gasteiger partial charge in [-0.15, -0.1) is 0 Å². The molecule has 3 rings (SSSR count). The van der Waals surface area contributed by atoms with E-state index in [2.05, 4.69) is 17.2 Å². The normalized spacial score (nSPS) is 13.4. The van der Waals surface area contributed by atoms with Gasteiger partial charge in [-0.25, -0.2) is 4.79 Å². The summed E-state index contributed by atoms with van der Waals surface area (Å²) in [6.45, 7) is 2.12. The third-order valence-electron chi connectivity index (χ3n) is 4.52. The van der Waals surface area contributed by atoms with Crippen molar-refractivity contribution in [2.24, 2.45) is 0 Å². The van der Waals surface area contributed by atoms with E-state index in [-0.39, 0.29) is 12.6 Å². The number of ether oxygens (including phenoxy) is 1. The monoisotopic (exact) mass is 402 g/mol. The second-order valence-corrected chi connectivity index (χ2v) is 7.22. The average Bonchev–Trinajstić information content (AvgIpc) is 3.06. The molecule has 0 bridgehead atoms. The predicted molar refractivity (Wildman–Crippen MR) is 109 cm³/mol. The van der Waals surface area contributed by atoms with Crippen molar-refractivity contribution < 1.29 is 19.7 Å². The molecule has 0 aliphatic carbocycles. The lowest BCUT2D eigenvalue weighted by Crippen LogP contribution is -2.32. The van der Waals surface area contributed by atoms with Gasteiger partial charge in [0.2, 0.25) is 0 Å². The Balaban J connectivity index is 1.58. The summed E-state index contributed by atoms with van der Waals surface area (Å²) in [4.78, 5) is 13.8. The maximum absolute atomic E-state index is 10.6. The van der Waals surface area contributed by atoms with Gasteiger partial charge in [0.1, 0.15) is 5.75 Å². The van der Waals surface area contributed by atoms with Gasteiger partial charge in [-0.3, -0.25) is 0 Å². The smallest absolute Gasteiger partial charge is 0.341 e. The van der Waals surface area contributed by atoms with Crippen molar-refractivity contribution in [1.82, 2.24) is 10.3 Å². The molecule has 148 valence electrons. The summed E-state index contributed by atoms with van der Waals surface area (Å²) in [5.41, 5.74) is 2.81. The number of H-pyrrole nitrogens is 1. The molecule has 0 aliphatic heterocycles. The maximum atomic E-state index is 10.6. The van der Waals surface area contributed by atoms with Crippen LogP contribution in [-0.4, -0.2) is 40.4 Å². The molecule has 0 radical (unpaired) electrons. The average molecular weight is 403 g/mol. The van der Waals surface area contributed by atoms with Crippen molar-refractivity contribution in [3.05, 3.63) is 64.8 Å². The van der Waals surface area contributed by atoms with Crippen molar-refractivity contribution in [2.45, 2.75) is 25.5 Å². The van der Waals surface area contributed by atoms with Crippen molar-refractivity contribution in [2.75, 3.05) is 13.2 Å². The summed E-state index contributed by atoms with van der Waals surface area (Å²) in [6.07, 6.45) is 2.09. The number of rotatable bonds is 9. The Labute approximate surface area is 168 Å². The number of carboxylic acid groups (broad SMARTS) is 1. The fourth-order valence-electron chi connectivity index (χ4n) is 3.12. The summed E-state index contributed by atoms with van der Waals surface area (Å²) in [7, 11) is 0. The van der Waals surface area contributed by atoms with E-state index in [0.29, 0.717) is 17.3 Å². The minimum atomic E-state index is -1.01. The molecule has 0 saturated heterocycles. The SMILES string of the molecule is CC(Cc1c[nH]c2cc(OCC(=O)O)ccc12)NCC(O)c1cccc(Cl)c1. The number of fused-ring (bicyclic) bond motifs is 1. The topological polar surface area (TPSA) is 94.6 Å². The first-order chi connectivity index (χ1) is 13.4. The summed E-state index contributed by atoms with van der Waals surface area (Å²) in [5, 5.41) is 24.1. The van der Waals surface area contributed by atoms with Crippen molar-refractivity contribution in [1.29, 1.82) is 0 Å². The van der Waals surface area contributed by atoms with Gasteiger partial charge in [-0.05, 0) is 48.7 Å². The minimum absolute atomic E-state index is 0.149. The molecule has 4 N–H and O–H groups in total. The molecular weight excluding hydrogens is 380 g/mol. The van der Waals surface area contributed by atoms with Crippen molar-refractivity contribution in [3.63, 3.8) is 0 Å². The van der Waals surface area contributed by atoms with Gasteiger partial charge in [0, 0.05) is 40.8 Å². The Morgan fingerprint density at radius 2 is 2.11 bits per heavy atom. The Bertz CT molecular complexity index is 956. The largest absolute Gasteiger partial charge is 0.482 e. The predicted octanol–water partition coefficient (Wildman–Crippen LogP) is 3.54. The molecule has 2 unspecified atom stereocenters. The lowest BCUT2D eigenvalue weighted by Gasteiger charge is -2.17. The van der Waals surface area contributed by atoms with Crippen LogP contribution in [-0.2, 0) is 11.2 Å². The number of benzene rings is 2. The number of hydrogen-bond donors (Lipinski definition) is 4. The van der Waals surface area contributed by atoms with E-state index >= 15 is 0 Å². The van der Waals surface area contributed by atoms with Crippen LogP contribution in [0.5, 0.6) is 5.75 Å². The van der Waals surface area contributed by atoms with Crippen molar-refractivity contribution in [3.8, 4) is 5.75 Å². The molecule has 28 heavy (non-hydrogen) atoms. The van der Waals surface area contributed by atoms with Gasteiger partial charge in [-0.1, -0.05) is 23.7 Å². The fraction of sp³-hybridized carbons (Fsp3) is 0.286. The highest BCUT2D eigenvalue weighted by Gasteiger charge is 2.13. The van der Waals surface area contributed by atoms with E-state index in [0.717, 1.165) is 28.5 Å². The van der Waals surface area contributed by atoms with Crippen LogP contribution in [0, 0.1) is 0 Å². The van der Waals surface area contributed by atoms with E-state index in [1.807, 2.05) is 24.4 Å². The Morgan fingerprint density at radius 3 is 2.86 bits per heavy atom. The Kier molecular flexibility index (Phi) is 6.57. The van der Waals surface area contributed by atoms with Crippen LogP contribution in [0.3, 0.4) is 0 Å². The summed E-state index contributed by atoms with van der Waals surface area (Å²) in [6, 6.07) is 12.9. The standard InChI is InChI=1S/C21H23ClN2O4/c1-13(23-11-20(25)14-3-2-4-16(22)8-14)7-15-10-24-19-9-17(5-6-18(15)19)28-12-21(26)27/h2-6,8-10,13,20,23-25H,7,11-12H2,1H3,(H,26,27). The number of carbonyl (C=O) groups is 1. The molecule has 7 heteroatoms. The number of carboxylic acids is 1. The molecule has 0 aliphatic rings. The number of halogens is 1. The van der Waals surface area contributed by atoms with Crippen LogP contribution in [0.15, 0.2) is 48.7 Å². The van der Waals surface area contributed by atoms with Gasteiger partial charge in [0.05, 0.1) is 6.10 Å². The number of aliphatic hydroxyl groups is 1.